The first-order valence-corrected chi connectivity index (χ1v) is 6.50. The van der Waals surface area contributed by atoms with Crippen molar-refractivity contribution in [2.45, 2.75) is 12.5 Å². The zero-order chi connectivity index (χ0) is 14.4. The predicted molar refractivity (Wildman–Crippen MR) is 74.0 cm³/mol. The predicted octanol–water partition coefficient (Wildman–Crippen LogP) is 1.40. The molecule has 0 saturated carbocycles. The highest BCUT2D eigenvalue weighted by molar-refractivity contribution is 5.91. The van der Waals surface area contributed by atoms with E-state index in [1.807, 2.05) is 30.3 Å². The average Bonchev–Trinajstić information content (AvgIpc) is 2.45. The van der Waals surface area contributed by atoms with Crippen LogP contribution in [-0.2, 0) is 14.3 Å². The van der Waals surface area contributed by atoms with Crippen molar-refractivity contribution in [3.8, 4) is 0 Å². The van der Waals surface area contributed by atoms with E-state index in [9.17, 15) is 9.59 Å². The van der Waals surface area contributed by atoms with Crippen molar-refractivity contribution in [3.63, 3.8) is 0 Å². The zero-order valence-corrected chi connectivity index (χ0v) is 11.1. The van der Waals surface area contributed by atoms with Gasteiger partial charge >= 0.3 is 5.97 Å². The molecule has 1 aromatic rings. The number of aliphatic carboxylic acids is 1. The normalized spacial score (nSPS) is 19.2. The van der Waals surface area contributed by atoms with Crippen LogP contribution in [0, 0.1) is 0 Å². The van der Waals surface area contributed by atoms with Gasteiger partial charge in [-0.1, -0.05) is 30.3 Å². The van der Waals surface area contributed by atoms with Crippen molar-refractivity contribution in [1.29, 1.82) is 0 Å². The molecule has 106 valence electrons. The molecule has 0 aromatic heterocycles. The number of carbonyl (C=O) groups excluding carboxylic acids is 1. The van der Waals surface area contributed by atoms with Gasteiger partial charge in [0.15, 0.2) is 0 Å². The fourth-order valence-electron chi connectivity index (χ4n) is 2.07. The van der Waals surface area contributed by atoms with Crippen LogP contribution in [0.1, 0.15) is 12.0 Å². The summed E-state index contributed by atoms with van der Waals surface area (Å²) in [5.74, 6) is -1.03. The van der Waals surface area contributed by atoms with Crippen molar-refractivity contribution in [2.75, 3.05) is 19.7 Å². The number of benzene rings is 1. The second-order valence-electron chi connectivity index (χ2n) is 4.62. The van der Waals surface area contributed by atoms with E-state index in [1.54, 1.807) is 11.0 Å². The first-order valence-electron chi connectivity index (χ1n) is 6.50. The van der Waals surface area contributed by atoms with E-state index in [2.05, 4.69) is 0 Å². The monoisotopic (exact) mass is 275 g/mol. The number of nitrogens with zero attached hydrogens (tertiary/aromatic N) is 1. The minimum absolute atomic E-state index is 0.0772. The van der Waals surface area contributed by atoms with Crippen molar-refractivity contribution in [3.05, 3.63) is 42.0 Å². The fourth-order valence-corrected chi connectivity index (χ4v) is 2.07. The molecule has 1 heterocycles. The third-order valence-electron chi connectivity index (χ3n) is 3.07. The summed E-state index contributed by atoms with van der Waals surface area (Å²) in [5, 5.41) is 8.75. The van der Waals surface area contributed by atoms with Crippen LogP contribution in [-0.4, -0.2) is 47.7 Å². The number of amides is 1. The molecular weight excluding hydrogens is 258 g/mol. The molecular formula is C15H17NO4. The minimum Gasteiger partial charge on any atom is -0.481 e. The fraction of sp³-hybridized carbons (Fsp3) is 0.333. The Labute approximate surface area is 117 Å². The summed E-state index contributed by atoms with van der Waals surface area (Å²) >= 11 is 0. The number of carbonyl (C=O) groups is 2. The van der Waals surface area contributed by atoms with Crippen molar-refractivity contribution >= 4 is 18.0 Å². The van der Waals surface area contributed by atoms with E-state index < -0.39 is 12.1 Å². The van der Waals surface area contributed by atoms with Crippen molar-refractivity contribution in [1.82, 2.24) is 4.90 Å². The smallest absolute Gasteiger partial charge is 0.306 e. The van der Waals surface area contributed by atoms with Crippen LogP contribution in [0.15, 0.2) is 36.4 Å². The number of hydrogen-bond donors (Lipinski definition) is 1. The summed E-state index contributed by atoms with van der Waals surface area (Å²) in [6, 6.07) is 9.55. The third-order valence-corrected chi connectivity index (χ3v) is 3.07. The van der Waals surface area contributed by atoms with Crippen molar-refractivity contribution < 1.29 is 19.4 Å². The number of carboxylic acid groups (broad SMARTS) is 1. The second-order valence-corrected chi connectivity index (χ2v) is 4.62. The van der Waals surface area contributed by atoms with Crippen LogP contribution in [0.2, 0.25) is 0 Å². The van der Waals surface area contributed by atoms with Gasteiger partial charge in [0.2, 0.25) is 5.91 Å². The number of hydrogen-bond acceptors (Lipinski definition) is 3. The highest BCUT2D eigenvalue weighted by Crippen LogP contribution is 2.10. The second kappa shape index (κ2) is 6.86. The Morgan fingerprint density at radius 3 is 2.80 bits per heavy atom. The molecule has 1 aliphatic heterocycles. The molecule has 1 N–H and O–H groups in total. The quantitative estimate of drug-likeness (QED) is 0.843. The molecule has 0 unspecified atom stereocenters. The van der Waals surface area contributed by atoms with Gasteiger partial charge < -0.3 is 14.7 Å². The van der Waals surface area contributed by atoms with E-state index in [0.29, 0.717) is 19.7 Å². The van der Waals surface area contributed by atoms with Gasteiger partial charge in [-0.05, 0) is 11.6 Å². The Kier molecular flexibility index (Phi) is 4.90. The maximum absolute atomic E-state index is 12.0. The Bertz CT molecular complexity index is 498. The first kappa shape index (κ1) is 14.3. The largest absolute Gasteiger partial charge is 0.481 e. The summed E-state index contributed by atoms with van der Waals surface area (Å²) in [4.78, 5) is 24.3. The molecule has 1 saturated heterocycles. The van der Waals surface area contributed by atoms with E-state index >= 15 is 0 Å². The molecule has 5 nitrogen and oxygen atoms in total. The number of ether oxygens (including phenoxy) is 1. The number of rotatable bonds is 4. The topological polar surface area (TPSA) is 66.8 Å². The Morgan fingerprint density at radius 1 is 1.35 bits per heavy atom. The molecule has 0 aliphatic carbocycles. The van der Waals surface area contributed by atoms with Gasteiger partial charge in [0.05, 0.1) is 19.1 Å². The van der Waals surface area contributed by atoms with E-state index in [1.165, 1.54) is 6.08 Å². The van der Waals surface area contributed by atoms with Crippen LogP contribution in [0.5, 0.6) is 0 Å². The third kappa shape index (κ3) is 4.20. The summed E-state index contributed by atoms with van der Waals surface area (Å²) in [6.07, 6.45) is 2.77. The number of carboxylic acids is 1. The van der Waals surface area contributed by atoms with Gasteiger partial charge in [-0.15, -0.1) is 0 Å². The van der Waals surface area contributed by atoms with E-state index in [-0.39, 0.29) is 12.3 Å². The Hall–Kier alpha value is -2.14. The molecule has 0 radical (unpaired) electrons. The highest BCUT2D eigenvalue weighted by atomic mass is 16.5. The molecule has 1 fully saturated rings. The van der Waals surface area contributed by atoms with E-state index in [0.717, 1.165) is 5.56 Å². The molecule has 1 amide bonds. The Morgan fingerprint density at radius 2 is 2.10 bits per heavy atom. The molecule has 1 aliphatic rings. The molecule has 1 atom stereocenters. The summed E-state index contributed by atoms with van der Waals surface area (Å²) < 4.78 is 5.33. The molecule has 2 rings (SSSR count). The molecule has 5 heteroatoms. The van der Waals surface area contributed by atoms with Crippen LogP contribution < -0.4 is 0 Å². The summed E-state index contributed by atoms with van der Waals surface area (Å²) in [7, 11) is 0. The van der Waals surface area contributed by atoms with Crippen LogP contribution in [0.25, 0.3) is 6.08 Å². The maximum Gasteiger partial charge on any atom is 0.306 e. The lowest BCUT2D eigenvalue weighted by molar-refractivity contribution is -0.145. The van der Waals surface area contributed by atoms with Crippen LogP contribution >= 0.6 is 0 Å². The lowest BCUT2D eigenvalue weighted by Gasteiger charge is -2.31. The van der Waals surface area contributed by atoms with Gasteiger partial charge in [-0.25, -0.2) is 0 Å². The SMILES string of the molecule is O=C(O)C[C@@H]1CN(C(=O)/C=C\c2ccccc2)CCO1. The maximum atomic E-state index is 12.0. The van der Waals surface area contributed by atoms with Gasteiger partial charge in [0.25, 0.3) is 0 Å². The first-order chi connectivity index (χ1) is 9.65. The van der Waals surface area contributed by atoms with Gasteiger partial charge in [-0.2, -0.15) is 0 Å². The number of morpholine rings is 1. The van der Waals surface area contributed by atoms with Gasteiger partial charge in [0.1, 0.15) is 0 Å². The minimum atomic E-state index is -0.913. The lowest BCUT2D eigenvalue weighted by atomic mass is 10.2. The standard InChI is InChI=1S/C15H17NO4/c17-14(7-6-12-4-2-1-3-5-12)16-8-9-20-13(11-16)10-15(18)19/h1-7,13H,8-11H2,(H,18,19)/b7-6-/t13-/m1/s1. The van der Waals surface area contributed by atoms with Gasteiger partial charge in [0, 0.05) is 19.2 Å². The van der Waals surface area contributed by atoms with Crippen LogP contribution in [0.4, 0.5) is 0 Å². The summed E-state index contributed by atoms with van der Waals surface area (Å²) in [6.45, 7) is 1.20. The zero-order valence-electron chi connectivity index (χ0n) is 11.1. The average molecular weight is 275 g/mol. The molecule has 20 heavy (non-hydrogen) atoms. The molecule has 0 spiro atoms. The Balaban J connectivity index is 1.92. The molecule has 1 aromatic carbocycles. The highest BCUT2D eigenvalue weighted by Gasteiger charge is 2.24. The van der Waals surface area contributed by atoms with Crippen molar-refractivity contribution in [2.24, 2.45) is 0 Å². The van der Waals surface area contributed by atoms with Crippen LogP contribution in [0.3, 0.4) is 0 Å². The summed E-state index contributed by atoms with van der Waals surface area (Å²) in [5.41, 5.74) is 0.955. The van der Waals surface area contributed by atoms with E-state index in [4.69, 9.17) is 9.84 Å². The molecule has 0 bridgehead atoms. The van der Waals surface area contributed by atoms with Gasteiger partial charge in [-0.3, -0.25) is 9.59 Å². The lowest BCUT2D eigenvalue weighted by Crippen LogP contribution is -2.45.